The van der Waals surface area contributed by atoms with Gasteiger partial charge in [0.25, 0.3) is 5.56 Å². The molecule has 0 aliphatic carbocycles. The van der Waals surface area contributed by atoms with Crippen LogP contribution in [-0.2, 0) is 17.8 Å². The molecule has 2 rings (SSSR count). The molecule has 7 nitrogen and oxygen atoms in total. The fourth-order valence-corrected chi connectivity index (χ4v) is 2.16. The highest BCUT2D eigenvalue weighted by atomic mass is 16.5. The molecule has 0 aliphatic heterocycles. The van der Waals surface area contributed by atoms with Gasteiger partial charge in [0.15, 0.2) is 0 Å². The highest BCUT2D eigenvalue weighted by Gasteiger charge is 2.11. The van der Waals surface area contributed by atoms with E-state index in [2.05, 4.69) is 22.3 Å². The summed E-state index contributed by atoms with van der Waals surface area (Å²) in [4.78, 5) is 24.0. The number of hydrogen-bond acceptors (Lipinski definition) is 4. The molecular weight excluding hydrogens is 296 g/mol. The molecule has 1 aromatic carbocycles. The van der Waals surface area contributed by atoms with E-state index >= 15 is 0 Å². The second-order valence-electron chi connectivity index (χ2n) is 4.87. The molecule has 2 amide bonds. The highest BCUT2D eigenvalue weighted by Crippen LogP contribution is 2.12. The molecule has 2 N–H and O–H groups in total. The second kappa shape index (κ2) is 8.09. The zero-order valence-corrected chi connectivity index (χ0v) is 13.0. The van der Waals surface area contributed by atoms with Gasteiger partial charge in [0.05, 0.1) is 30.8 Å². The number of fused-ring (bicyclic) bond motifs is 1. The number of benzene rings is 1. The number of urea groups is 1. The largest absolute Gasteiger partial charge is 0.383 e. The number of carbonyl (C=O) groups is 1. The van der Waals surface area contributed by atoms with E-state index in [-0.39, 0.29) is 18.1 Å². The Kier molecular flexibility index (Phi) is 5.87. The van der Waals surface area contributed by atoms with Gasteiger partial charge in [-0.2, -0.15) is 5.10 Å². The minimum atomic E-state index is -0.314. The van der Waals surface area contributed by atoms with E-state index in [0.29, 0.717) is 30.8 Å². The summed E-state index contributed by atoms with van der Waals surface area (Å²) in [5.74, 6) is 0. The predicted molar refractivity (Wildman–Crippen MR) is 88.3 cm³/mol. The van der Waals surface area contributed by atoms with Crippen LogP contribution in [0.4, 0.5) is 4.79 Å². The molecule has 2 aromatic rings. The average molecular weight is 316 g/mol. The number of carbonyl (C=O) groups excluding carboxylic acids is 1. The van der Waals surface area contributed by atoms with Gasteiger partial charge in [0.1, 0.15) is 0 Å². The normalized spacial score (nSPS) is 10.5. The molecule has 0 aliphatic rings. The van der Waals surface area contributed by atoms with Crippen LogP contribution in [-0.4, -0.2) is 36.1 Å². The molecule has 0 atom stereocenters. The zero-order chi connectivity index (χ0) is 16.7. The van der Waals surface area contributed by atoms with Gasteiger partial charge in [-0.05, 0) is 6.07 Å². The summed E-state index contributed by atoms with van der Waals surface area (Å²) in [6, 6.07) is 6.90. The SMILES string of the molecule is C=CCNC(=O)NCc1nn(CCOC)c(=O)c2ccccc12. The van der Waals surface area contributed by atoms with Crippen molar-refractivity contribution in [3.63, 3.8) is 0 Å². The van der Waals surface area contributed by atoms with Crippen molar-refractivity contribution >= 4 is 16.8 Å². The Morgan fingerprint density at radius 2 is 2.09 bits per heavy atom. The maximum atomic E-state index is 12.4. The molecule has 0 radical (unpaired) electrons. The van der Waals surface area contributed by atoms with E-state index in [1.807, 2.05) is 12.1 Å². The van der Waals surface area contributed by atoms with Crippen LogP contribution in [0.1, 0.15) is 5.69 Å². The van der Waals surface area contributed by atoms with Crippen LogP contribution < -0.4 is 16.2 Å². The van der Waals surface area contributed by atoms with E-state index in [0.717, 1.165) is 5.39 Å². The minimum absolute atomic E-state index is 0.169. The number of hydrogen-bond donors (Lipinski definition) is 2. The number of methoxy groups -OCH3 is 1. The molecule has 1 aromatic heterocycles. The van der Waals surface area contributed by atoms with Gasteiger partial charge in [-0.1, -0.05) is 24.3 Å². The topological polar surface area (TPSA) is 85.2 Å². The van der Waals surface area contributed by atoms with Crippen LogP contribution in [0.3, 0.4) is 0 Å². The van der Waals surface area contributed by atoms with Crippen LogP contribution in [0, 0.1) is 0 Å². The Labute approximate surface area is 133 Å². The summed E-state index contributed by atoms with van der Waals surface area (Å²) in [6.07, 6.45) is 1.60. The smallest absolute Gasteiger partial charge is 0.315 e. The molecule has 0 saturated carbocycles. The van der Waals surface area contributed by atoms with Crippen LogP contribution in [0.5, 0.6) is 0 Å². The summed E-state index contributed by atoms with van der Waals surface area (Å²) in [7, 11) is 1.57. The number of rotatable bonds is 7. The maximum absolute atomic E-state index is 12.4. The lowest BCUT2D eigenvalue weighted by Crippen LogP contribution is -2.36. The van der Waals surface area contributed by atoms with Crippen LogP contribution in [0.15, 0.2) is 41.7 Å². The first-order valence-electron chi connectivity index (χ1n) is 7.27. The first-order valence-corrected chi connectivity index (χ1v) is 7.27. The number of nitrogens with zero attached hydrogens (tertiary/aromatic N) is 2. The third kappa shape index (κ3) is 4.17. The zero-order valence-electron chi connectivity index (χ0n) is 13.0. The molecule has 23 heavy (non-hydrogen) atoms. The van der Waals surface area contributed by atoms with Gasteiger partial charge in [-0.25, -0.2) is 9.48 Å². The summed E-state index contributed by atoms with van der Waals surface area (Å²) >= 11 is 0. The molecule has 0 unspecified atom stereocenters. The van der Waals surface area contributed by atoms with Gasteiger partial charge in [0.2, 0.25) is 0 Å². The Morgan fingerprint density at radius 3 is 2.78 bits per heavy atom. The van der Waals surface area contributed by atoms with E-state index in [1.54, 1.807) is 25.3 Å². The fourth-order valence-electron chi connectivity index (χ4n) is 2.16. The van der Waals surface area contributed by atoms with Crippen molar-refractivity contribution in [2.45, 2.75) is 13.1 Å². The van der Waals surface area contributed by atoms with Crippen molar-refractivity contribution in [2.75, 3.05) is 20.3 Å². The molecule has 0 bridgehead atoms. The van der Waals surface area contributed by atoms with Crippen molar-refractivity contribution in [1.29, 1.82) is 0 Å². The van der Waals surface area contributed by atoms with E-state index in [1.165, 1.54) is 4.68 Å². The second-order valence-corrected chi connectivity index (χ2v) is 4.87. The monoisotopic (exact) mass is 316 g/mol. The fraction of sp³-hybridized carbons (Fsp3) is 0.312. The van der Waals surface area contributed by atoms with Crippen molar-refractivity contribution in [2.24, 2.45) is 0 Å². The molecule has 7 heteroatoms. The van der Waals surface area contributed by atoms with Crippen molar-refractivity contribution < 1.29 is 9.53 Å². The van der Waals surface area contributed by atoms with Gasteiger partial charge in [-0.3, -0.25) is 4.79 Å². The molecule has 0 spiro atoms. The number of amides is 2. The summed E-state index contributed by atoms with van der Waals surface area (Å²) < 4.78 is 6.37. The Morgan fingerprint density at radius 1 is 1.35 bits per heavy atom. The Balaban J connectivity index is 2.30. The summed E-state index contributed by atoms with van der Waals surface area (Å²) in [5.41, 5.74) is 0.461. The van der Waals surface area contributed by atoms with Crippen LogP contribution in [0.25, 0.3) is 10.8 Å². The Hall–Kier alpha value is -2.67. The van der Waals surface area contributed by atoms with Crippen molar-refractivity contribution in [3.05, 3.63) is 53.0 Å². The average Bonchev–Trinajstić information content (AvgIpc) is 2.58. The predicted octanol–water partition coefficient (Wildman–Crippen LogP) is 1.03. The Bertz CT molecular complexity index is 755. The summed E-state index contributed by atoms with van der Waals surface area (Å²) in [6.45, 7) is 4.88. The quantitative estimate of drug-likeness (QED) is 0.747. The number of ether oxygens (including phenoxy) is 1. The lowest BCUT2D eigenvalue weighted by Gasteiger charge is -2.11. The maximum Gasteiger partial charge on any atom is 0.315 e. The van der Waals surface area contributed by atoms with Crippen LogP contribution >= 0.6 is 0 Å². The standard InChI is InChI=1S/C16H20N4O3/c1-3-8-17-16(22)18-11-14-12-6-4-5-7-13(12)15(21)20(19-14)9-10-23-2/h3-7H,1,8-11H2,2H3,(H2,17,18,22). The number of nitrogens with one attached hydrogen (secondary N) is 2. The number of aromatic nitrogens is 2. The van der Waals surface area contributed by atoms with Gasteiger partial charge in [0, 0.05) is 19.0 Å². The first-order chi connectivity index (χ1) is 11.2. The third-order valence-electron chi connectivity index (χ3n) is 3.27. The first kappa shape index (κ1) is 16.7. The summed E-state index contributed by atoms with van der Waals surface area (Å²) in [5, 5.41) is 11.0. The van der Waals surface area contributed by atoms with Gasteiger partial charge >= 0.3 is 6.03 Å². The van der Waals surface area contributed by atoms with Crippen molar-refractivity contribution in [3.8, 4) is 0 Å². The van der Waals surface area contributed by atoms with Crippen molar-refractivity contribution in [1.82, 2.24) is 20.4 Å². The molecular formula is C16H20N4O3. The molecule has 0 saturated heterocycles. The molecule has 122 valence electrons. The third-order valence-corrected chi connectivity index (χ3v) is 3.27. The lowest BCUT2D eigenvalue weighted by atomic mass is 10.1. The lowest BCUT2D eigenvalue weighted by molar-refractivity contribution is 0.181. The van der Waals surface area contributed by atoms with Crippen LogP contribution in [0.2, 0.25) is 0 Å². The van der Waals surface area contributed by atoms with Gasteiger partial charge in [-0.15, -0.1) is 6.58 Å². The minimum Gasteiger partial charge on any atom is -0.383 e. The molecule has 1 heterocycles. The molecule has 0 fully saturated rings. The van der Waals surface area contributed by atoms with Gasteiger partial charge < -0.3 is 15.4 Å². The van der Waals surface area contributed by atoms with E-state index in [9.17, 15) is 9.59 Å². The van der Waals surface area contributed by atoms with E-state index < -0.39 is 0 Å². The van der Waals surface area contributed by atoms with E-state index in [4.69, 9.17) is 4.74 Å². The highest BCUT2D eigenvalue weighted by molar-refractivity contribution is 5.84.